The van der Waals surface area contributed by atoms with Gasteiger partial charge in [0.05, 0.1) is 12.9 Å². The minimum Gasteiger partial charge on any atom is -0.493 e. The third kappa shape index (κ3) is 3.91. The van der Waals surface area contributed by atoms with Gasteiger partial charge in [-0.1, -0.05) is 23.9 Å². The molecule has 22 heavy (non-hydrogen) atoms. The molecule has 7 nitrogen and oxygen atoms in total. The van der Waals surface area contributed by atoms with Gasteiger partial charge < -0.3 is 19.1 Å². The van der Waals surface area contributed by atoms with Crippen LogP contribution in [-0.4, -0.2) is 38.7 Å². The predicted molar refractivity (Wildman–Crippen MR) is 81.4 cm³/mol. The standard InChI is InChI=1S/C14H17N3O4S/c1-3-17-12(15-16-14(17)22-9-13(18)19)8-21-11-7-5-4-6-10(11)20-2/h4-7H,3,8-9H2,1-2H3,(H,18,19). The van der Waals surface area contributed by atoms with Crippen LogP contribution in [0.3, 0.4) is 0 Å². The molecule has 0 amide bonds. The summed E-state index contributed by atoms with van der Waals surface area (Å²) in [4.78, 5) is 10.6. The molecule has 0 aliphatic heterocycles. The summed E-state index contributed by atoms with van der Waals surface area (Å²) < 4.78 is 12.8. The second-order valence-electron chi connectivity index (χ2n) is 4.27. The van der Waals surface area contributed by atoms with Crippen LogP contribution in [0.5, 0.6) is 11.5 Å². The zero-order chi connectivity index (χ0) is 15.9. The Bertz CT molecular complexity index is 645. The first-order valence-electron chi connectivity index (χ1n) is 6.68. The number of aliphatic carboxylic acids is 1. The molecular formula is C14H17N3O4S. The van der Waals surface area contributed by atoms with Crippen LogP contribution in [0.15, 0.2) is 29.4 Å². The number of nitrogens with zero attached hydrogens (tertiary/aromatic N) is 3. The predicted octanol–water partition coefficient (Wildman–Crippen LogP) is 2.06. The van der Waals surface area contributed by atoms with E-state index in [1.54, 1.807) is 7.11 Å². The lowest BCUT2D eigenvalue weighted by molar-refractivity contribution is -0.133. The van der Waals surface area contributed by atoms with Gasteiger partial charge in [-0.3, -0.25) is 4.79 Å². The largest absolute Gasteiger partial charge is 0.493 e. The van der Waals surface area contributed by atoms with Gasteiger partial charge >= 0.3 is 5.97 Å². The summed E-state index contributed by atoms with van der Waals surface area (Å²) in [6.07, 6.45) is 0. The first-order chi connectivity index (χ1) is 10.7. The summed E-state index contributed by atoms with van der Waals surface area (Å²) in [5.74, 6) is 0.968. The van der Waals surface area contributed by atoms with Gasteiger partial charge in [0.15, 0.2) is 22.5 Å². The Morgan fingerprint density at radius 3 is 2.68 bits per heavy atom. The van der Waals surface area contributed by atoms with Crippen molar-refractivity contribution in [3.8, 4) is 11.5 Å². The lowest BCUT2D eigenvalue weighted by atomic mass is 10.3. The van der Waals surface area contributed by atoms with E-state index in [1.165, 1.54) is 0 Å². The lowest BCUT2D eigenvalue weighted by Gasteiger charge is -2.11. The van der Waals surface area contributed by atoms with E-state index in [4.69, 9.17) is 14.6 Å². The number of para-hydroxylation sites is 2. The van der Waals surface area contributed by atoms with Crippen molar-refractivity contribution in [2.75, 3.05) is 12.9 Å². The average molecular weight is 323 g/mol. The highest BCUT2D eigenvalue weighted by Gasteiger charge is 2.14. The summed E-state index contributed by atoms with van der Waals surface area (Å²) in [5.41, 5.74) is 0. The van der Waals surface area contributed by atoms with E-state index in [0.717, 1.165) is 11.8 Å². The first kappa shape index (κ1) is 16.2. The number of thioether (sulfide) groups is 1. The minimum absolute atomic E-state index is 0.0501. The fourth-order valence-corrected chi connectivity index (χ4v) is 2.60. The molecule has 8 heteroatoms. The minimum atomic E-state index is -0.887. The van der Waals surface area contributed by atoms with Gasteiger partial charge in [0, 0.05) is 6.54 Å². The van der Waals surface area contributed by atoms with E-state index in [1.807, 2.05) is 35.8 Å². The van der Waals surface area contributed by atoms with E-state index in [2.05, 4.69) is 10.2 Å². The number of hydrogen-bond acceptors (Lipinski definition) is 6. The van der Waals surface area contributed by atoms with Gasteiger partial charge in [0.1, 0.15) is 6.61 Å². The smallest absolute Gasteiger partial charge is 0.313 e. The van der Waals surface area contributed by atoms with Crippen LogP contribution in [0, 0.1) is 0 Å². The Balaban J connectivity index is 2.08. The topological polar surface area (TPSA) is 86.5 Å². The molecule has 1 aromatic heterocycles. The van der Waals surface area contributed by atoms with Crippen LogP contribution >= 0.6 is 11.8 Å². The fourth-order valence-electron chi connectivity index (χ4n) is 1.86. The molecule has 0 radical (unpaired) electrons. The molecule has 0 aliphatic carbocycles. The molecule has 1 aromatic carbocycles. The summed E-state index contributed by atoms with van der Waals surface area (Å²) in [5, 5.41) is 17.4. The van der Waals surface area contributed by atoms with E-state index in [9.17, 15) is 4.79 Å². The molecular weight excluding hydrogens is 306 g/mol. The molecule has 0 spiro atoms. The van der Waals surface area contributed by atoms with Gasteiger partial charge in [-0.25, -0.2) is 0 Å². The normalized spacial score (nSPS) is 10.5. The molecule has 2 rings (SSSR count). The molecule has 0 saturated carbocycles. The Kier molecular flexibility index (Phi) is 5.65. The first-order valence-corrected chi connectivity index (χ1v) is 7.66. The molecule has 0 fully saturated rings. The monoisotopic (exact) mass is 323 g/mol. The van der Waals surface area contributed by atoms with Crippen LogP contribution in [0.4, 0.5) is 0 Å². The van der Waals surface area contributed by atoms with Crippen LogP contribution in [-0.2, 0) is 17.9 Å². The molecule has 0 atom stereocenters. The van der Waals surface area contributed by atoms with Crippen molar-refractivity contribution in [2.45, 2.75) is 25.2 Å². The molecule has 2 aromatic rings. The van der Waals surface area contributed by atoms with Gasteiger partial charge in [0.2, 0.25) is 0 Å². The quantitative estimate of drug-likeness (QED) is 0.744. The summed E-state index contributed by atoms with van der Waals surface area (Å²) in [6, 6.07) is 7.34. The molecule has 0 unspecified atom stereocenters. The van der Waals surface area contributed by atoms with Crippen LogP contribution < -0.4 is 9.47 Å². The third-order valence-corrected chi connectivity index (χ3v) is 3.81. The number of rotatable bonds is 8. The Morgan fingerprint density at radius 1 is 1.32 bits per heavy atom. The van der Waals surface area contributed by atoms with Crippen LogP contribution in [0.1, 0.15) is 12.7 Å². The van der Waals surface area contributed by atoms with Crippen LogP contribution in [0.2, 0.25) is 0 Å². The SMILES string of the molecule is CCn1c(COc2ccccc2OC)nnc1SCC(=O)O. The number of aromatic nitrogens is 3. The Hall–Kier alpha value is -2.22. The molecule has 0 bridgehead atoms. The maximum absolute atomic E-state index is 10.6. The summed E-state index contributed by atoms with van der Waals surface area (Å²) in [6.45, 7) is 2.81. The number of carboxylic acid groups (broad SMARTS) is 1. The molecule has 0 saturated heterocycles. The van der Waals surface area contributed by atoms with Gasteiger partial charge in [-0.15, -0.1) is 10.2 Å². The second-order valence-corrected chi connectivity index (χ2v) is 5.21. The summed E-state index contributed by atoms with van der Waals surface area (Å²) in [7, 11) is 1.58. The van der Waals surface area contributed by atoms with Crippen LogP contribution in [0.25, 0.3) is 0 Å². The number of methoxy groups -OCH3 is 1. The Morgan fingerprint density at radius 2 is 2.05 bits per heavy atom. The number of hydrogen-bond donors (Lipinski definition) is 1. The van der Waals surface area contributed by atoms with Gasteiger partial charge in [0.25, 0.3) is 0 Å². The number of benzene rings is 1. The number of carbonyl (C=O) groups is 1. The average Bonchev–Trinajstić information content (AvgIpc) is 2.93. The van der Waals surface area contributed by atoms with Gasteiger partial charge in [-0.2, -0.15) is 0 Å². The van der Waals surface area contributed by atoms with E-state index in [-0.39, 0.29) is 12.4 Å². The van der Waals surface area contributed by atoms with Crippen molar-refractivity contribution in [1.82, 2.24) is 14.8 Å². The highest BCUT2D eigenvalue weighted by atomic mass is 32.2. The van der Waals surface area contributed by atoms with Crippen molar-refractivity contribution < 1.29 is 19.4 Å². The molecule has 118 valence electrons. The zero-order valence-corrected chi connectivity index (χ0v) is 13.2. The van der Waals surface area contributed by atoms with Crippen molar-refractivity contribution in [1.29, 1.82) is 0 Å². The van der Waals surface area contributed by atoms with Gasteiger partial charge in [-0.05, 0) is 19.1 Å². The van der Waals surface area contributed by atoms with Crippen molar-refractivity contribution in [3.05, 3.63) is 30.1 Å². The van der Waals surface area contributed by atoms with E-state index < -0.39 is 5.97 Å². The maximum atomic E-state index is 10.6. The molecule has 0 aliphatic rings. The highest BCUT2D eigenvalue weighted by Crippen LogP contribution is 2.27. The van der Waals surface area contributed by atoms with Crippen molar-refractivity contribution in [3.63, 3.8) is 0 Å². The zero-order valence-electron chi connectivity index (χ0n) is 12.4. The van der Waals surface area contributed by atoms with E-state index in [0.29, 0.717) is 29.0 Å². The maximum Gasteiger partial charge on any atom is 0.313 e. The highest BCUT2D eigenvalue weighted by molar-refractivity contribution is 7.99. The number of carboxylic acids is 1. The second kappa shape index (κ2) is 7.69. The third-order valence-electron chi connectivity index (χ3n) is 2.86. The molecule has 1 heterocycles. The molecule has 1 N–H and O–H groups in total. The fraction of sp³-hybridized carbons (Fsp3) is 0.357. The number of ether oxygens (including phenoxy) is 2. The van der Waals surface area contributed by atoms with Crippen molar-refractivity contribution in [2.24, 2.45) is 0 Å². The lowest BCUT2D eigenvalue weighted by Crippen LogP contribution is -2.08. The van der Waals surface area contributed by atoms with E-state index >= 15 is 0 Å². The Labute approximate surface area is 132 Å². The summed E-state index contributed by atoms with van der Waals surface area (Å²) >= 11 is 1.14. The van der Waals surface area contributed by atoms with Crippen molar-refractivity contribution >= 4 is 17.7 Å².